The molecular formula is C95H171NO5S. The van der Waals surface area contributed by atoms with E-state index in [1.807, 2.05) is 6.92 Å². The van der Waals surface area contributed by atoms with Gasteiger partial charge in [-0.05, 0) is 244 Å². The minimum atomic E-state index is -3.75. The van der Waals surface area contributed by atoms with E-state index in [2.05, 4.69) is 144 Å². The largest absolute Gasteiger partial charge is 0.390 e. The Kier molecular flexibility index (Phi) is 75.2. The molecule has 1 aromatic rings. The van der Waals surface area contributed by atoms with Crippen LogP contribution in [0, 0.1) is 6.92 Å². The van der Waals surface area contributed by atoms with E-state index in [9.17, 15) is 18.6 Å². The van der Waals surface area contributed by atoms with Gasteiger partial charge < -0.3 is 15.1 Å². The van der Waals surface area contributed by atoms with Crippen LogP contribution >= 0.6 is 0 Å². The van der Waals surface area contributed by atoms with Crippen LogP contribution in [0.15, 0.2) is 126 Å². The first-order chi connectivity index (χ1) is 49.9. The van der Waals surface area contributed by atoms with Crippen LogP contribution in [0.4, 0.5) is 0 Å². The molecule has 2 N–H and O–H groups in total. The van der Waals surface area contributed by atoms with E-state index < -0.39 is 21.3 Å². The normalized spacial score (nSPS) is 12.8. The second-order valence-electron chi connectivity index (χ2n) is 30.6. The number of hydrogen-bond acceptors (Lipinski definition) is 6. The highest BCUT2D eigenvalue weighted by Gasteiger charge is 2.27. The molecule has 1 rings (SSSR count). The van der Waals surface area contributed by atoms with Crippen LogP contribution in [0.1, 0.15) is 432 Å². The van der Waals surface area contributed by atoms with Gasteiger partial charge in [0.2, 0.25) is 0 Å². The molecule has 0 aliphatic heterocycles. The lowest BCUT2D eigenvalue weighted by Crippen LogP contribution is -2.30. The SMILES string of the molecule is CCCCC/C=C\C/C=C\CCCCCCCCC(O)(CCCCCCCC/C=C\C/C=C\CCCCC)CCCCN(CCC)CCC.CCCCC/C=C\C/C=C\CCCCCCCCC(O)(CCCCCCCC/C=C\C/C=C\CCCCC)CCCCOS(=O)(=O)c1ccc(C)cc1. The maximum absolute atomic E-state index is 12.6. The molecule has 0 saturated carbocycles. The second kappa shape index (κ2) is 77.5. The van der Waals surface area contributed by atoms with Gasteiger partial charge in [0.1, 0.15) is 0 Å². The summed E-state index contributed by atoms with van der Waals surface area (Å²) in [4.78, 5) is 2.83. The fraction of sp³-hybridized carbons (Fsp3) is 0.768. The minimum absolute atomic E-state index is 0.155. The van der Waals surface area contributed by atoms with Crippen molar-refractivity contribution < 1.29 is 22.8 Å². The Labute approximate surface area is 637 Å². The van der Waals surface area contributed by atoms with Gasteiger partial charge in [-0.2, -0.15) is 8.42 Å². The molecule has 0 radical (unpaired) electrons. The average Bonchev–Trinajstić information content (AvgIpc) is 0.847. The van der Waals surface area contributed by atoms with Crippen molar-refractivity contribution in [3.63, 3.8) is 0 Å². The van der Waals surface area contributed by atoms with E-state index in [1.54, 1.807) is 24.3 Å². The highest BCUT2D eigenvalue weighted by molar-refractivity contribution is 7.86. The van der Waals surface area contributed by atoms with Crippen LogP contribution in [-0.4, -0.2) is 61.0 Å². The van der Waals surface area contributed by atoms with E-state index in [0.717, 1.165) is 82.6 Å². The molecule has 0 heterocycles. The van der Waals surface area contributed by atoms with E-state index in [4.69, 9.17) is 4.18 Å². The summed E-state index contributed by atoms with van der Waals surface area (Å²) in [5.74, 6) is 0. The molecule has 0 unspecified atom stereocenters. The first-order valence-corrected chi connectivity index (χ1v) is 45.7. The van der Waals surface area contributed by atoms with Gasteiger partial charge in [0.15, 0.2) is 0 Å². The van der Waals surface area contributed by atoms with Crippen molar-refractivity contribution >= 4 is 10.1 Å². The summed E-state index contributed by atoms with van der Waals surface area (Å²) in [6, 6.07) is 6.78. The lowest BCUT2D eigenvalue weighted by Gasteiger charge is -2.29. The summed E-state index contributed by atoms with van der Waals surface area (Å²) in [5, 5.41) is 23.5. The van der Waals surface area contributed by atoms with Gasteiger partial charge in [0, 0.05) is 0 Å². The highest BCUT2D eigenvalue weighted by atomic mass is 32.2. The van der Waals surface area contributed by atoms with E-state index in [0.29, 0.717) is 12.8 Å². The molecule has 0 amide bonds. The zero-order valence-corrected chi connectivity index (χ0v) is 69.6. The van der Waals surface area contributed by atoms with Gasteiger partial charge in [-0.1, -0.05) is 336 Å². The van der Waals surface area contributed by atoms with Crippen molar-refractivity contribution in [2.75, 3.05) is 26.2 Å². The Hall–Kier alpha value is -3.07. The van der Waals surface area contributed by atoms with Gasteiger partial charge in [0.05, 0.1) is 22.7 Å². The first-order valence-electron chi connectivity index (χ1n) is 44.3. The quantitative estimate of drug-likeness (QED) is 0.0384. The highest BCUT2D eigenvalue weighted by Crippen LogP contribution is 2.31. The van der Waals surface area contributed by atoms with Crippen molar-refractivity contribution in [2.24, 2.45) is 0 Å². The number of aryl methyl sites for hydroxylation is 1. The van der Waals surface area contributed by atoms with Crippen LogP contribution in [0.5, 0.6) is 0 Å². The van der Waals surface area contributed by atoms with Gasteiger partial charge >= 0.3 is 0 Å². The maximum atomic E-state index is 12.6. The van der Waals surface area contributed by atoms with Crippen molar-refractivity contribution in [2.45, 2.75) is 450 Å². The molecule has 1 aromatic carbocycles. The standard InChI is InChI=1S/C48H82O4S.C47H89NO/c1-4-6-8-10-12-14-16-18-20-22-24-26-28-30-32-34-42-48(49,44-36-37-45-52-53(50,51)47-40-38-46(3)39-41-47)43-35-33-31-29-27-25-23-21-19-17-15-13-11-9-7-5-2;1-5-9-11-13-15-17-19-21-23-25-27-29-31-33-35-37-41-47(49,43-39-40-46-48(44-7-3)45-8-4)42-38-36-34-32-30-28-26-24-22-20-18-16-14-12-10-6-2/h12-15,18-21,38-41,49H,4-11,16-17,22-37,42-45H2,1-3H3;15-18,21-24,49H,5-14,19-20,25-46H2,1-4H3/b14-12-,15-13-,20-18-,21-19-;17-15-,18-16-,23-21-,24-22-. The molecule has 0 atom stereocenters. The Morgan fingerprint density at radius 3 is 0.794 bits per heavy atom. The number of unbranched alkanes of at least 4 members (excludes halogenated alkanes) is 38. The van der Waals surface area contributed by atoms with Gasteiger partial charge in [-0.25, -0.2) is 0 Å². The third-order valence-electron chi connectivity index (χ3n) is 20.4. The van der Waals surface area contributed by atoms with Crippen LogP contribution in [-0.2, 0) is 14.3 Å². The summed E-state index contributed by atoms with van der Waals surface area (Å²) >= 11 is 0. The Bertz CT molecular complexity index is 2130. The fourth-order valence-electron chi connectivity index (χ4n) is 13.8. The lowest BCUT2D eigenvalue weighted by atomic mass is 9.85. The van der Waals surface area contributed by atoms with Crippen LogP contribution < -0.4 is 0 Å². The third-order valence-corrected chi connectivity index (χ3v) is 21.7. The van der Waals surface area contributed by atoms with Gasteiger partial charge in [-0.3, -0.25) is 4.18 Å². The molecule has 6 nitrogen and oxygen atoms in total. The average molecular weight is 1440 g/mol. The molecule has 592 valence electrons. The van der Waals surface area contributed by atoms with E-state index in [-0.39, 0.29) is 11.5 Å². The third kappa shape index (κ3) is 69.9. The molecule has 0 saturated heterocycles. The molecule has 102 heavy (non-hydrogen) atoms. The van der Waals surface area contributed by atoms with Crippen molar-refractivity contribution in [1.29, 1.82) is 0 Å². The molecule has 0 aromatic heterocycles. The smallest absolute Gasteiger partial charge is 0.296 e. The Morgan fingerprint density at radius 1 is 0.294 bits per heavy atom. The Balaban J connectivity index is 0.00000201. The summed E-state index contributed by atoms with van der Waals surface area (Å²) in [6.45, 7) is 19.4. The molecule has 0 aliphatic rings. The molecule has 0 spiro atoms. The van der Waals surface area contributed by atoms with Gasteiger partial charge in [-0.15, -0.1) is 0 Å². The first kappa shape index (κ1) is 98.9. The molecule has 0 fully saturated rings. The van der Waals surface area contributed by atoms with Crippen LogP contribution in [0.2, 0.25) is 0 Å². The molecule has 0 aliphatic carbocycles. The van der Waals surface area contributed by atoms with Gasteiger partial charge in [0.25, 0.3) is 10.1 Å². The predicted molar refractivity (Wildman–Crippen MR) is 455 cm³/mol. The van der Waals surface area contributed by atoms with E-state index >= 15 is 0 Å². The monoisotopic (exact) mass is 1440 g/mol. The molecular weight excluding hydrogens is 1270 g/mol. The van der Waals surface area contributed by atoms with E-state index in [1.165, 1.54) is 315 Å². The summed E-state index contributed by atoms with van der Waals surface area (Å²) in [7, 11) is -3.75. The number of allylic oxidation sites excluding steroid dienone is 16. The fourth-order valence-corrected chi connectivity index (χ4v) is 14.7. The second-order valence-corrected chi connectivity index (χ2v) is 32.2. The minimum Gasteiger partial charge on any atom is -0.390 e. The number of rotatable bonds is 76. The lowest BCUT2D eigenvalue weighted by molar-refractivity contribution is 0.00614. The number of nitrogens with zero attached hydrogens (tertiary/aromatic N) is 1. The van der Waals surface area contributed by atoms with Crippen LogP contribution in [0.25, 0.3) is 0 Å². The maximum Gasteiger partial charge on any atom is 0.296 e. The van der Waals surface area contributed by atoms with Crippen molar-refractivity contribution in [3.8, 4) is 0 Å². The number of aliphatic hydroxyl groups is 2. The zero-order chi connectivity index (χ0) is 74.3. The number of benzene rings is 1. The zero-order valence-electron chi connectivity index (χ0n) is 68.8. The molecule has 7 heteroatoms. The Morgan fingerprint density at radius 2 is 0.529 bits per heavy atom. The summed E-state index contributed by atoms with van der Waals surface area (Å²) in [5.41, 5.74) is -0.0895. The summed E-state index contributed by atoms with van der Waals surface area (Å²) < 4.78 is 30.5. The number of hydrogen-bond donors (Lipinski definition) is 2. The molecule has 0 bridgehead atoms. The topological polar surface area (TPSA) is 87.1 Å². The van der Waals surface area contributed by atoms with Crippen molar-refractivity contribution in [1.82, 2.24) is 4.90 Å². The van der Waals surface area contributed by atoms with Crippen LogP contribution in [0.3, 0.4) is 0 Å². The summed E-state index contributed by atoms with van der Waals surface area (Å²) in [6.07, 6.45) is 109. The predicted octanol–water partition coefficient (Wildman–Crippen LogP) is 30.4. The van der Waals surface area contributed by atoms with Crippen molar-refractivity contribution in [3.05, 3.63) is 127 Å².